The van der Waals surface area contributed by atoms with Crippen molar-refractivity contribution in [3.8, 4) is 5.75 Å². The number of methoxy groups -OCH3 is 1. The maximum atomic E-state index is 12.6. The lowest BCUT2D eigenvalue weighted by atomic mass is 9.80. The van der Waals surface area contributed by atoms with Crippen molar-refractivity contribution in [2.45, 2.75) is 51.4 Å². The van der Waals surface area contributed by atoms with Crippen LogP contribution in [-0.2, 0) is 16.0 Å². The first-order chi connectivity index (χ1) is 13.2. The van der Waals surface area contributed by atoms with E-state index >= 15 is 0 Å². The summed E-state index contributed by atoms with van der Waals surface area (Å²) in [4.78, 5) is 27.1. The highest BCUT2D eigenvalue weighted by molar-refractivity contribution is 5.81. The molecule has 1 heterocycles. The molecule has 0 aromatic heterocycles. The van der Waals surface area contributed by atoms with E-state index < -0.39 is 0 Å². The van der Waals surface area contributed by atoms with Crippen LogP contribution in [0.4, 0.5) is 0 Å². The van der Waals surface area contributed by atoms with Gasteiger partial charge in [-0.15, -0.1) is 0 Å². The van der Waals surface area contributed by atoms with E-state index in [0.717, 1.165) is 63.8 Å². The molecule has 0 bridgehead atoms. The number of hydrogen-bond acceptors (Lipinski definition) is 3. The fraction of sp³-hybridized carbons (Fsp3) is 0.636. The van der Waals surface area contributed by atoms with E-state index in [1.165, 1.54) is 12.0 Å². The van der Waals surface area contributed by atoms with Gasteiger partial charge in [0.1, 0.15) is 5.75 Å². The highest BCUT2D eigenvalue weighted by Crippen LogP contribution is 2.31. The summed E-state index contributed by atoms with van der Waals surface area (Å²) in [6.45, 7) is 2.49. The van der Waals surface area contributed by atoms with Gasteiger partial charge in [0.05, 0.1) is 7.11 Å². The van der Waals surface area contributed by atoms with E-state index in [2.05, 4.69) is 5.32 Å². The Morgan fingerprint density at radius 2 is 1.63 bits per heavy atom. The van der Waals surface area contributed by atoms with Crippen LogP contribution in [0.1, 0.15) is 50.5 Å². The molecule has 1 aromatic carbocycles. The van der Waals surface area contributed by atoms with E-state index in [9.17, 15) is 9.59 Å². The summed E-state index contributed by atoms with van der Waals surface area (Å²) in [7, 11) is 1.66. The van der Waals surface area contributed by atoms with Crippen LogP contribution in [0.3, 0.4) is 0 Å². The minimum atomic E-state index is 0.0614. The summed E-state index contributed by atoms with van der Waals surface area (Å²) in [6, 6.07) is 7.94. The molecule has 1 N–H and O–H groups in total. The molecule has 27 heavy (non-hydrogen) atoms. The van der Waals surface area contributed by atoms with E-state index in [-0.39, 0.29) is 17.7 Å². The zero-order valence-electron chi connectivity index (χ0n) is 16.4. The summed E-state index contributed by atoms with van der Waals surface area (Å²) in [5.74, 6) is 1.51. The number of carbonyl (C=O) groups is 2. The molecule has 0 radical (unpaired) electrons. The lowest BCUT2D eigenvalue weighted by Gasteiger charge is -2.33. The maximum absolute atomic E-state index is 12.6. The Balaban J connectivity index is 1.37. The van der Waals surface area contributed by atoms with E-state index in [1.807, 2.05) is 29.2 Å². The van der Waals surface area contributed by atoms with Gasteiger partial charge in [-0.2, -0.15) is 0 Å². The predicted octanol–water partition coefficient (Wildman–Crippen LogP) is 3.17. The van der Waals surface area contributed by atoms with Crippen molar-refractivity contribution in [1.82, 2.24) is 10.2 Å². The van der Waals surface area contributed by atoms with Gasteiger partial charge in [0.25, 0.3) is 0 Å². The number of piperidine rings is 1. The summed E-state index contributed by atoms with van der Waals surface area (Å²) in [5, 5.41) is 3.07. The van der Waals surface area contributed by atoms with Gasteiger partial charge in [-0.3, -0.25) is 9.59 Å². The van der Waals surface area contributed by atoms with Crippen molar-refractivity contribution in [2.24, 2.45) is 11.8 Å². The molecular weight excluding hydrogens is 340 g/mol. The Morgan fingerprint density at radius 1 is 1.00 bits per heavy atom. The van der Waals surface area contributed by atoms with Crippen LogP contribution in [0.15, 0.2) is 24.3 Å². The number of ether oxygens (including phenoxy) is 1. The average molecular weight is 373 g/mol. The SMILES string of the molecule is COc1ccc(CCNC(=O)C2CCC(C(=O)N3CCCCC3)CC2)cc1. The van der Waals surface area contributed by atoms with Crippen molar-refractivity contribution >= 4 is 11.8 Å². The Hall–Kier alpha value is -2.04. The number of rotatable bonds is 6. The lowest BCUT2D eigenvalue weighted by molar-refractivity contribution is -0.139. The Morgan fingerprint density at radius 3 is 2.26 bits per heavy atom. The number of amides is 2. The molecule has 0 unspecified atom stereocenters. The third-order valence-corrected chi connectivity index (χ3v) is 5.99. The quantitative estimate of drug-likeness (QED) is 0.834. The number of hydrogen-bond donors (Lipinski definition) is 1. The van der Waals surface area contributed by atoms with Crippen LogP contribution in [0.5, 0.6) is 5.75 Å². The molecule has 2 fully saturated rings. The minimum Gasteiger partial charge on any atom is -0.497 e. The van der Waals surface area contributed by atoms with Crippen molar-refractivity contribution < 1.29 is 14.3 Å². The minimum absolute atomic E-state index is 0.0614. The Labute approximate surface area is 162 Å². The molecule has 2 amide bonds. The van der Waals surface area contributed by atoms with E-state index in [0.29, 0.717) is 12.5 Å². The number of nitrogens with zero attached hydrogens (tertiary/aromatic N) is 1. The van der Waals surface area contributed by atoms with Gasteiger partial charge >= 0.3 is 0 Å². The van der Waals surface area contributed by atoms with Crippen molar-refractivity contribution in [3.63, 3.8) is 0 Å². The summed E-state index contributed by atoms with van der Waals surface area (Å²) in [6.07, 6.45) is 7.70. The van der Waals surface area contributed by atoms with Crippen LogP contribution in [0, 0.1) is 11.8 Å². The van der Waals surface area contributed by atoms with Gasteiger partial charge in [-0.05, 0) is 69.1 Å². The highest BCUT2D eigenvalue weighted by Gasteiger charge is 2.32. The van der Waals surface area contributed by atoms with Crippen molar-refractivity contribution in [3.05, 3.63) is 29.8 Å². The third-order valence-electron chi connectivity index (χ3n) is 5.99. The maximum Gasteiger partial charge on any atom is 0.225 e. The molecular formula is C22H32N2O3. The van der Waals surface area contributed by atoms with Gasteiger partial charge in [0, 0.05) is 31.5 Å². The second kappa shape index (κ2) is 9.77. The van der Waals surface area contributed by atoms with Gasteiger partial charge < -0.3 is 15.0 Å². The number of benzene rings is 1. The Bertz CT molecular complexity index is 615. The van der Waals surface area contributed by atoms with Crippen molar-refractivity contribution in [2.75, 3.05) is 26.7 Å². The lowest BCUT2D eigenvalue weighted by Crippen LogP contribution is -2.42. The third kappa shape index (κ3) is 5.47. The van der Waals surface area contributed by atoms with Crippen LogP contribution >= 0.6 is 0 Å². The molecule has 5 heteroatoms. The van der Waals surface area contributed by atoms with Gasteiger partial charge in [-0.1, -0.05) is 12.1 Å². The molecule has 0 atom stereocenters. The average Bonchev–Trinajstić information content (AvgIpc) is 2.74. The highest BCUT2D eigenvalue weighted by atomic mass is 16.5. The Kier molecular flexibility index (Phi) is 7.13. The van der Waals surface area contributed by atoms with Gasteiger partial charge in [0.2, 0.25) is 11.8 Å². The van der Waals surface area contributed by atoms with Crippen molar-refractivity contribution in [1.29, 1.82) is 0 Å². The zero-order chi connectivity index (χ0) is 19.1. The van der Waals surface area contributed by atoms with Crippen LogP contribution in [-0.4, -0.2) is 43.5 Å². The fourth-order valence-corrected chi connectivity index (χ4v) is 4.24. The summed E-state index contributed by atoms with van der Waals surface area (Å²) >= 11 is 0. The molecule has 1 aliphatic carbocycles. The summed E-state index contributed by atoms with van der Waals surface area (Å²) in [5.41, 5.74) is 1.19. The first kappa shape index (κ1) is 19.7. The standard InChI is InChI=1S/C22H32N2O3/c1-27-20-11-5-17(6-12-20)13-14-23-21(25)18-7-9-19(10-8-18)22(26)24-15-3-2-4-16-24/h5-6,11-12,18-19H,2-4,7-10,13-16H2,1H3,(H,23,25). The number of likely N-dealkylation sites (tertiary alicyclic amines) is 1. The molecule has 2 aliphatic rings. The van der Waals surface area contributed by atoms with Crippen LogP contribution < -0.4 is 10.1 Å². The van der Waals surface area contributed by atoms with Crippen LogP contribution in [0.25, 0.3) is 0 Å². The molecule has 1 aromatic rings. The molecule has 0 spiro atoms. The molecule has 1 saturated carbocycles. The molecule has 1 saturated heterocycles. The summed E-state index contributed by atoms with van der Waals surface area (Å²) < 4.78 is 5.16. The smallest absolute Gasteiger partial charge is 0.225 e. The molecule has 3 rings (SSSR count). The molecule has 5 nitrogen and oxygen atoms in total. The van der Waals surface area contributed by atoms with Gasteiger partial charge in [-0.25, -0.2) is 0 Å². The van der Waals surface area contributed by atoms with E-state index in [1.54, 1.807) is 7.11 Å². The normalized spacial score (nSPS) is 22.9. The molecule has 1 aliphatic heterocycles. The second-order valence-corrected chi connectivity index (χ2v) is 7.82. The first-order valence-electron chi connectivity index (χ1n) is 10.4. The van der Waals surface area contributed by atoms with Crippen LogP contribution in [0.2, 0.25) is 0 Å². The monoisotopic (exact) mass is 372 g/mol. The van der Waals surface area contributed by atoms with E-state index in [4.69, 9.17) is 4.74 Å². The van der Waals surface area contributed by atoms with Gasteiger partial charge in [0.15, 0.2) is 0 Å². The number of carbonyl (C=O) groups excluding carboxylic acids is 2. The first-order valence-corrected chi connectivity index (χ1v) is 10.4. The number of nitrogens with one attached hydrogen (secondary N) is 1. The molecule has 148 valence electrons. The predicted molar refractivity (Wildman–Crippen MR) is 106 cm³/mol. The fourth-order valence-electron chi connectivity index (χ4n) is 4.24. The second-order valence-electron chi connectivity index (χ2n) is 7.82. The zero-order valence-corrected chi connectivity index (χ0v) is 16.4. The largest absolute Gasteiger partial charge is 0.497 e. The topological polar surface area (TPSA) is 58.6 Å².